The van der Waals surface area contributed by atoms with Crippen LogP contribution in [0.25, 0.3) is 0 Å². The molecule has 4 heteroatoms. The zero-order chi connectivity index (χ0) is 18.4. The molecule has 0 aliphatic carbocycles. The summed E-state index contributed by atoms with van der Waals surface area (Å²) in [6.45, 7) is 3.09. The summed E-state index contributed by atoms with van der Waals surface area (Å²) in [7, 11) is 2.01. The van der Waals surface area contributed by atoms with Gasteiger partial charge in [-0.1, -0.05) is 54.6 Å². The fraction of sp³-hybridized carbons (Fsp3) is 0.227. The minimum absolute atomic E-state index is 0.103. The van der Waals surface area contributed by atoms with Crippen LogP contribution in [0.5, 0.6) is 0 Å². The average molecular weight is 365 g/mol. The summed E-state index contributed by atoms with van der Waals surface area (Å²) in [5.41, 5.74) is 2.05. The Hall–Kier alpha value is -2.43. The first-order valence-corrected chi connectivity index (χ1v) is 9.66. The van der Waals surface area contributed by atoms with E-state index in [4.69, 9.17) is 0 Å². The molecule has 0 saturated carbocycles. The molecule has 0 N–H and O–H groups in total. The number of likely N-dealkylation sites (N-methyl/N-ethyl adjacent to an activating group) is 1. The smallest absolute Gasteiger partial charge is 0.241 e. The minimum atomic E-state index is 0.103. The third kappa shape index (κ3) is 4.59. The predicted molar refractivity (Wildman–Crippen MR) is 109 cm³/mol. The standard InChI is InChI=1S/C22H24N2OS/c1-18(21-14-9-15-26-21)23(2)17-22(25)24(20-12-7-4-8-13-20)16-19-10-5-3-6-11-19/h3-15,18H,16-17H2,1-2H3. The lowest BCUT2D eigenvalue weighted by Gasteiger charge is -2.28. The third-order valence-corrected chi connectivity index (χ3v) is 5.60. The number of rotatable bonds is 7. The van der Waals surface area contributed by atoms with Gasteiger partial charge in [-0.3, -0.25) is 9.69 Å². The summed E-state index contributed by atoms with van der Waals surface area (Å²) in [6.07, 6.45) is 0. The first-order valence-electron chi connectivity index (χ1n) is 8.78. The van der Waals surface area contributed by atoms with Crippen LogP contribution in [-0.4, -0.2) is 24.4 Å². The van der Waals surface area contributed by atoms with Gasteiger partial charge in [0.25, 0.3) is 0 Å². The highest BCUT2D eigenvalue weighted by Crippen LogP contribution is 2.24. The molecule has 1 atom stereocenters. The molecule has 134 valence electrons. The highest BCUT2D eigenvalue weighted by molar-refractivity contribution is 7.10. The Kier molecular flexibility index (Phi) is 6.21. The highest BCUT2D eigenvalue weighted by Gasteiger charge is 2.21. The summed E-state index contributed by atoms with van der Waals surface area (Å²) < 4.78 is 0. The molecule has 1 amide bonds. The van der Waals surface area contributed by atoms with Crippen molar-refractivity contribution in [3.05, 3.63) is 88.6 Å². The van der Waals surface area contributed by atoms with E-state index < -0.39 is 0 Å². The highest BCUT2D eigenvalue weighted by atomic mass is 32.1. The maximum absolute atomic E-state index is 13.1. The molecule has 3 aromatic rings. The molecule has 26 heavy (non-hydrogen) atoms. The molecule has 0 aliphatic rings. The molecule has 1 unspecified atom stereocenters. The van der Waals surface area contributed by atoms with Crippen LogP contribution in [0.1, 0.15) is 23.4 Å². The molecule has 3 nitrogen and oxygen atoms in total. The zero-order valence-corrected chi connectivity index (χ0v) is 16.0. The lowest BCUT2D eigenvalue weighted by atomic mass is 10.2. The molecule has 0 saturated heterocycles. The lowest BCUT2D eigenvalue weighted by molar-refractivity contribution is -0.120. The van der Waals surface area contributed by atoms with E-state index in [9.17, 15) is 4.79 Å². The van der Waals surface area contributed by atoms with E-state index in [-0.39, 0.29) is 11.9 Å². The number of nitrogens with zero attached hydrogens (tertiary/aromatic N) is 2. The minimum Gasteiger partial charge on any atom is -0.307 e. The van der Waals surface area contributed by atoms with Crippen molar-refractivity contribution in [3.63, 3.8) is 0 Å². The molecule has 0 spiro atoms. The van der Waals surface area contributed by atoms with E-state index in [1.807, 2.05) is 60.5 Å². The molecule has 0 fully saturated rings. The van der Waals surface area contributed by atoms with Crippen LogP contribution in [0.4, 0.5) is 5.69 Å². The van der Waals surface area contributed by atoms with Crippen LogP contribution in [0.2, 0.25) is 0 Å². The molecular formula is C22H24N2OS. The maximum Gasteiger partial charge on any atom is 0.241 e. The van der Waals surface area contributed by atoms with Crippen molar-refractivity contribution in [3.8, 4) is 0 Å². The Morgan fingerprint density at radius 3 is 2.23 bits per heavy atom. The second kappa shape index (κ2) is 8.79. The predicted octanol–water partition coefficient (Wildman–Crippen LogP) is 4.97. The molecule has 0 radical (unpaired) electrons. The Bertz CT molecular complexity index is 803. The number of benzene rings is 2. The van der Waals surface area contributed by atoms with Crippen molar-refractivity contribution in [1.82, 2.24) is 4.90 Å². The van der Waals surface area contributed by atoms with Gasteiger partial charge in [0.15, 0.2) is 0 Å². The second-order valence-electron chi connectivity index (χ2n) is 6.41. The summed E-state index contributed by atoms with van der Waals surface area (Å²) in [6, 6.07) is 24.4. The molecular weight excluding hydrogens is 340 g/mol. The number of hydrogen-bond donors (Lipinski definition) is 0. The SMILES string of the molecule is CC(c1cccs1)N(C)CC(=O)N(Cc1ccccc1)c1ccccc1. The van der Waals surface area contributed by atoms with Crippen LogP contribution >= 0.6 is 11.3 Å². The van der Waals surface area contributed by atoms with Crippen LogP contribution in [0.15, 0.2) is 78.2 Å². The van der Waals surface area contributed by atoms with E-state index in [1.165, 1.54) is 4.88 Å². The quantitative estimate of drug-likeness (QED) is 0.591. The van der Waals surface area contributed by atoms with Crippen molar-refractivity contribution >= 4 is 22.9 Å². The number of anilines is 1. The van der Waals surface area contributed by atoms with Gasteiger partial charge in [-0.2, -0.15) is 0 Å². The Morgan fingerprint density at radius 2 is 1.62 bits per heavy atom. The van der Waals surface area contributed by atoms with Crippen molar-refractivity contribution < 1.29 is 4.79 Å². The topological polar surface area (TPSA) is 23.6 Å². The molecule has 1 heterocycles. The summed E-state index contributed by atoms with van der Waals surface area (Å²) in [5.74, 6) is 0.103. The molecule has 2 aromatic carbocycles. The fourth-order valence-corrected chi connectivity index (χ4v) is 3.73. The van der Waals surface area contributed by atoms with Crippen LogP contribution in [0, 0.1) is 0 Å². The number of amides is 1. The second-order valence-corrected chi connectivity index (χ2v) is 7.39. The summed E-state index contributed by atoms with van der Waals surface area (Å²) in [5, 5.41) is 2.08. The third-order valence-electron chi connectivity index (χ3n) is 4.55. The Morgan fingerprint density at radius 1 is 0.962 bits per heavy atom. The molecule has 0 bridgehead atoms. The van der Waals surface area contributed by atoms with Crippen molar-refractivity contribution in [2.45, 2.75) is 19.5 Å². The monoisotopic (exact) mass is 364 g/mol. The number of hydrogen-bond acceptors (Lipinski definition) is 3. The fourth-order valence-electron chi connectivity index (χ4n) is 2.88. The maximum atomic E-state index is 13.1. The first-order chi connectivity index (χ1) is 12.6. The van der Waals surface area contributed by atoms with E-state index in [2.05, 4.69) is 41.5 Å². The normalized spacial score (nSPS) is 12.1. The van der Waals surface area contributed by atoms with Gasteiger partial charge in [0.1, 0.15) is 0 Å². The number of para-hydroxylation sites is 1. The molecule has 1 aromatic heterocycles. The van der Waals surface area contributed by atoms with Gasteiger partial charge in [-0.05, 0) is 43.1 Å². The lowest BCUT2D eigenvalue weighted by Crippen LogP contribution is -2.39. The van der Waals surface area contributed by atoms with Gasteiger partial charge < -0.3 is 4.90 Å². The zero-order valence-electron chi connectivity index (χ0n) is 15.2. The first kappa shape index (κ1) is 18.4. The van der Waals surface area contributed by atoms with Gasteiger partial charge in [0.2, 0.25) is 5.91 Å². The average Bonchev–Trinajstić information content (AvgIpc) is 3.21. The largest absolute Gasteiger partial charge is 0.307 e. The Labute approximate surface area is 159 Å². The van der Waals surface area contributed by atoms with Crippen molar-refractivity contribution in [2.75, 3.05) is 18.5 Å². The van der Waals surface area contributed by atoms with E-state index in [1.54, 1.807) is 11.3 Å². The van der Waals surface area contributed by atoms with E-state index in [0.717, 1.165) is 11.3 Å². The van der Waals surface area contributed by atoms with Crippen molar-refractivity contribution in [2.24, 2.45) is 0 Å². The van der Waals surface area contributed by atoms with Crippen LogP contribution in [0.3, 0.4) is 0 Å². The number of thiophene rings is 1. The van der Waals surface area contributed by atoms with E-state index >= 15 is 0 Å². The molecule has 0 aliphatic heterocycles. The van der Waals surface area contributed by atoms with Crippen molar-refractivity contribution in [1.29, 1.82) is 0 Å². The van der Waals surface area contributed by atoms with Gasteiger partial charge >= 0.3 is 0 Å². The summed E-state index contributed by atoms with van der Waals surface area (Å²) in [4.78, 5) is 18.4. The van der Waals surface area contributed by atoms with Crippen LogP contribution in [-0.2, 0) is 11.3 Å². The van der Waals surface area contributed by atoms with Gasteiger partial charge in [-0.25, -0.2) is 0 Å². The van der Waals surface area contributed by atoms with Gasteiger partial charge in [0, 0.05) is 16.6 Å². The summed E-state index contributed by atoms with van der Waals surface area (Å²) >= 11 is 1.73. The van der Waals surface area contributed by atoms with Gasteiger partial charge in [-0.15, -0.1) is 11.3 Å². The van der Waals surface area contributed by atoms with E-state index in [0.29, 0.717) is 13.1 Å². The number of carbonyl (C=O) groups is 1. The van der Waals surface area contributed by atoms with Gasteiger partial charge in [0.05, 0.1) is 13.1 Å². The molecule has 3 rings (SSSR count). The van der Waals surface area contributed by atoms with Crippen LogP contribution < -0.4 is 4.90 Å². The number of carbonyl (C=O) groups excluding carboxylic acids is 1. The Balaban J connectivity index is 1.76.